The van der Waals surface area contributed by atoms with Crippen molar-refractivity contribution in [1.82, 2.24) is 0 Å². The average molecular weight is 449 g/mol. The van der Waals surface area contributed by atoms with Crippen LogP contribution in [0.1, 0.15) is 16.7 Å². The number of benzene rings is 3. The average Bonchev–Trinajstić information content (AvgIpc) is 3.26. The van der Waals surface area contributed by atoms with Crippen LogP contribution in [0.2, 0.25) is 10.0 Å². The van der Waals surface area contributed by atoms with Gasteiger partial charge in [-0.2, -0.15) is 0 Å². The molecule has 0 aliphatic carbocycles. The van der Waals surface area contributed by atoms with Gasteiger partial charge in [-0.25, -0.2) is 4.90 Å². The Bertz CT molecular complexity index is 1240. The number of halogens is 2. The Hall–Kier alpha value is -3.08. The molecule has 154 valence electrons. The second kappa shape index (κ2) is 7.56. The van der Waals surface area contributed by atoms with Crippen LogP contribution < -0.4 is 9.80 Å². The van der Waals surface area contributed by atoms with Crippen molar-refractivity contribution < 1.29 is 9.59 Å². The number of para-hydroxylation sites is 1. The molecule has 4 nitrogen and oxygen atoms in total. The van der Waals surface area contributed by atoms with E-state index in [4.69, 9.17) is 23.2 Å². The molecule has 6 heteroatoms. The normalized spacial score (nSPS) is 15.8. The molecule has 0 spiro atoms. The maximum Gasteiger partial charge on any atom is 0.282 e. The van der Waals surface area contributed by atoms with E-state index >= 15 is 0 Å². The van der Waals surface area contributed by atoms with Crippen LogP contribution in [0, 0.1) is 6.92 Å². The zero-order chi connectivity index (χ0) is 21.7. The fourth-order valence-electron chi connectivity index (χ4n) is 4.22. The Morgan fingerprint density at radius 1 is 0.839 bits per heavy atom. The van der Waals surface area contributed by atoms with Gasteiger partial charge in [0, 0.05) is 22.3 Å². The molecule has 0 fully saturated rings. The van der Waals surface area contributed by atoms with E-state index in [9.17, 15) is 9.59 Å². The van der Waals surface area contributed by atoms with Gasteiger partial charge >= 0.3 is 0 Å². The zero-order valence-corrected chi connectivity index (χ0v) is 18.2. The van der Waals surface area contributed by atoms with E-state index in [0.29, 0.717) is 39.1 Å². The third-order valence-electron chi connectivity index (χ3n) is 5.66. The Morgan fingerprint density at radius 2 is 1.52 bits per heavy atom. The molecule has 3 aromatic carbocycles. The molecule has 31 heavy (non-hydrogen) atoms. The van der Waals surface area contributed by atoms with E-state index < -0.39 is 0 Å². The fourth-order valence-corrected chi connectivity index (χ4v) is 4.74. The Kier molecular flexibility index (Phi) is 4.84. The first kappa shape index (κ1) is 19.9. The summed E-state index contributed by atoms with van der Waals surface area (Å²) in [5.41, 5.74) is 5.02. The number of hydrogen-bond acceptors (Lipinski definition) is 3. The summed E-state index contributed by atoms with van der Waals surface area (Å²) in [4.78, 5) is 30.5. The Balaban J connectivity index is 1.69. The van der Waals surface area contributed by atoms with Gasteiger partial charge in [-0.15, -0.1) is 0 Å². The monoisotopic (exact) mass is 448 g/mol. The van der Waals surface area contributed by atoms with E-state index in [1.807, 2.05) is 54.3 Å². The lowest BCUT2D eigenvalue weighted by molar-refractivity contribution is -0.120. The van der Waals surface area contributed by atoms with Crippen LogP contribution in [-0.4, -0.2) is 18.4 Å². The molecule has 0 atom stereocenters. The van der Waals surface area contributed by atoms with Crippen LogP contribution >= 0.6 is 23.2 Å². The van der Waals surface area contributed by atoms with Gasteiger partial charge < -0.3 is 4.90 Å². The summed E-state index contributed by atoms with van der Waals surface area (Å²) < 4.78 is 0. The van der Waals surface area contributed by atoms with Crippen molar-refractivity contribution >= 4 is 52.0 Å². The molecular weight excluding hydrogens is 431 g/mol. The predicted octanol–water partition coefficient (Wildman–Crippen LogP) is 5.65. The van der Waals surface area contributed by atoms with Crippen molar-refractivity contribution in [1.29, 1.82) is 0 Å². The quantitative estimate of drug-likeness (QED) is 0.486. The summed E-state index contributed by atoms with van der Waals surface area (Å²) in [5.74, 6) is -0.762. The van der Waals surface area contributed by atoms with Crippen molar-refractivity contribution in [3.8, 4) is 0 Å². The molecule has 0 N–H and O–H groups in total. The molecule has 0 unspecified atom stereocenters. The number of hydrogen-bond donors (Lipinski definition) is 0. The first-order valence-electron chi connectivity index (χ1n) is 9.95. The second-order valence-corrected chi connectivity index (χ2v) is 8.57. The van der Waals surface area contributed by atoms with Gasteiger partial charge in [0.15, 0.2) is 0 Å². The van der Waals surface area contributed by atoms with E-state index in [-0.39, 0.29) is 11.8 Å². The molecule has 3 aromatic rings. The molecular formula is C25H18Cl2N2O2. The number of imide groups is 1. The molecule has 0 saturated carbocycles. The molecule has 0 radical (unpaired) electrons. The number of amides is 2. The summed E-state index contributed by atoms with van der Waals surface area (Å²) in [5, 5.41) is 0.722. The van der Waals surface area contributed by atoms with Crippen LogP contribution in [0.15, 0.2) is 72.4 Å². The summed E-state index contributed by atoms with van der Waals surface area (Å²) in [7, 11) is 0. The van der Waals surface area contributed by atoms with Gasteiger partial charge in [-0.3, -0.25) is 9.59 Å². The van der Waals surface area contributed by atoms with Gasteiger partial charge in [-0.05, 0) is 48.7 Å². The van der Waals surface area contributed by atoms with E-state index in [1.165, 1.54) is 4.90 Å². The number of fused-ring (bicyclic) bond motifs is 1. The molecule has 0 aromatic heterocycles. The molecule has 0 saturated heterocycles. The lowest BCUT2D eigenvalue weighted by Gasteiger charge is -2.22. The van der Waals surface area contributed by atoms with Crippen molar-refractivity contribution in [2.45, 2.75) is 13.3 Å². The van der Waals surface area contributed by atoms with Gasteiger partial charge in [-0.1, -0.05) is 71.2 Å². The number of anilines is 2. The molecule has 2 aliphatic rings. The van der Waals surface area contributed by atoms with Crippen molar-refractivity contribution in [3.63, 3.8) is 0 Å². The lowest BCUT2D eigenvalue weighted by atomic mass is 10.0. The molecule has 2 aliphatic heterocycles. The number of aryl methyl sites for hydroxylation is 1. The minimum Gasteiger partial charge on any atom is -0.336 e. The van der Waals surface area contributed by atoms with E-state index in [1.54, 1.807) is 18.2 Å². The maximum atomic E-state index is 13.7. The highest BCUT2D eigenvalue weighted by Gasteiger charge is 2.44. The fraction of sp³-hybridized carbons (Fsp3) is 0.120. The first-order chi connectivity index (χ1) is 14.9. The standard InChI is InChI=1S/C25H18Cl2N2O2/c1-15-6-8-17(9-7-15)22-23(28-11-10-16-4-2-3-5-21(16)28)25(31)29(24(22)30)20-13-18(26)12-19(27)14-20/h2-9,12-14H,10-11H2,1H3. The van der Waals surface area contributed by atoms with Gasteiger partial charge in [0.2, 0.25) is 0 Å². The third kappa shape index (κ3) is 3.32. The highest BCUT2D eigenvalue weighted by molar-refractivity contribution is 6.47. The van der Waals surface area contributed by atoms with Crippen LogP contribution in [0.25, 0.3) is 5.57 Å². The summed E-state index contributed by atoms with van der Waals surface area (Å²) >= 11 is 12.3. The zero-order valence-electron chi connectivity index (χ0n) is 16.7. The highest BCUT2D eigenvalue weighted by atomic mass is 35.5. The summed E-state index contributed by atoms with van der Waals surface area (Å²) in [6, 6.07) is 20.3. The van der Waals surface area contributed by atoms with Gasteiger partial charge in [0.05, 0.1) is 11.3 Å². The number of nitrogens with zero attached hydrogens (tertiary/aromatic N) is 2. The largest absolute Gasteiger partial charge is 0.336 e. The summed E-state index contributed by atoms with van der Waals surface area (Å²) in [6.45, 7) is 2.62. The highest BCUT2D eigenvalue weighted by Crippen LogP contribution is 2.40. The minimum atomic E-state index is -0.383. The smallest absolute Gasteiger partial charge is 0.282 e. The van der Waals surface area contributed by atoms with E-state index in [0.717, 1.165) is 23.2 Å². The SMILES string of the molecule is Cc1ccc(C2=C(N3CCc4ccccc43)C(=O)N(c3cc(Cl)cc(Cl)c3)C2=O)cc1. The molecule has 0 bridgehead atoms. The van der Waals surface area contributed by atoms with Crippen molar-refractivity contribution in [2.75, 3.05) is 16.3 Å². The van der Waals surface area contributed by atoms with Crippen LogP contribution in [0.3, 0.4) is 0 Å². The number of carbonyl (C=O) groups is 2. The first-order valence-corrected chi connectivity index (χ1v) is 10.7. The second-order valence-electron chi connectivity index (χ2n) is 7.69. The van der Waals surface area contributed by atoms with Crippen molar-refractivity contribution in [2.24, 2.45) is 0 Å². The van der Waals surface area contributed by atoms with Gasteiger partial charge in [0.1, 0.15) is 5.70 Å². The van der Waals surface area contributed by atoms with Crippen molar-refractivity contribution in [3.05, 3.63) is 99.2 Å². The Labute approximate surface area is 190 Å². The molecule has 2 amide bonds. The molecule has 2 heterocycles. The topological polar surface area (TPSA) is 40.6 Å². The van der Waals surface area contributed by atoms with Gasteiger partial charge in [0.25, 0.3) is 11.8 Å². The van der Waals surface area contributed by atoms with Crippen LogP contribution in [-0.2, 0) is 16.0 Å². The Morgan fingerprint density at radius 3 is 2.23 bits per heavy atom. The molecule has 5 rings (SSSR count). The predicted molar refractivity (Wildman–Crippen MR) is 125 cm³/mol. The summed E-state index contributed by atoms with van der Waals surface area (Å²) in [6.07, 6.45) is 0.811. The maximum absolute atomic E-state index is 13.7. The third-order valence-corrected chi connectivity index (χ3v) is 6.10. The lowest BCUT2D eigenvalue weighted by Crippen LogP contribution is -2.34. The minimum absolute atomic E-state index is 0.361. The number of rotatable bonds is 3. The van der Waals surface area contributed by atoms with E-state index in [2.05, 4.69) is 6.07 Å². The van der Waals surface area contributed by atoms with Crippen LogP contribution in [0.5, 0.6) is 0 Å². The van der Waals surface area contributed by atoms with Crippen LogP contribution in [0.4, 0.5) is 11.4 Å². The number of carbonyl (C=O) groups excluding carboxylic acids is 2.